The summed E-state index contributed by atoms with van der Waals surface area (Å²) in [6.45, 7) is 2.21. The van der Waals surface area contributed by atoms with Crippen molar-refractivity contribution in [3.8, 4) is 34.2 Å². The number of aryl methyl sites for hydroxylation is 1. The summed E-state index contributed by atoms with van der Waals surface area (Å²) in [7, 11) is 0. The third-order valence-electron chi connectivity index (χ3n) is 4.24. The minimum absolute atomic E-state index is 0.0945. The summed E-state index contributed by atoms with van der Waals surface area (Å²) in [5, 5.41) is 0.612. The first-order chi connectivity index (χ1) is 12.7. The molecule has 3 nitrogen and oxygen atoms in total. The van der Waals surface area contributed by atoms with Gasteiger partial charge in [-0.1, -0.05) is 60.0 Å². The van der Waals surface area contributed by atoms with Crippen LogP contribution >= 0.6 is 11.3 Å². The van der Waals surface area contributed by atoms with Gasteiger partial charge in [-0.05, 0) is 24.6 Å². The van der Waals surface area contributed by atoms with Gasteiger partial charge in [-0.25, -0.2) is 4.98 Å². The maximum Gasteiger partial charge on any atom is 0.263 e. The zero-order chi connectivity index (χ0) is 18.1. The molecule has 126 valence electrons. The molecule has 0 unspecified atom stereocenters. The minimum Gasteiger partial charge on any atom is -0.280 e. The first-order valence-corrected chi connectivity index (χ1v) is 9.09. The second kappa shape index (κ2) is 6.62. The average Bonchev–Trinajstić information content (AvgIpc) is 3.09. The highest BCUT2D eigenvalue weighted by molar-refractivity contribution is 7.21. The lowest BCUT2D eigenvalue weighted by Gasteiger charge is -2.10. The van der Waals surface area contributed by atoms with Gasteiger partial charge in [0.05, 0.1) is 11.9 Å². The number of aromatic nitrogens is 2. The van der Waals surface area contributed by atoms with Crippen LogP contribution in [0.25, 0.3) is 32.0 Å². The molecule has 0 fully saturated rings. The first kappa shape index (κ1) is 16.3. The molecule has 4 heteroatoms. The van der Waals surface area contributed by atoms with Crippen molar-refractivity contribution in [2.24, 2.45) is 0 Å². The van der Waals surface area contributed by atoms with E-state index in [1.165, 1.54) is 11.3 Å². The van der Waals surface area contributed by atoms with Gasteiger partial charge in [0.1, 0.15) is 10.7 Å². The number of hydrogen-bond acceptors (Lipinski definition) is 3. The lowest BCUT2D eigenvalue weighted by Crippen LogP contribution is -2.22. The molecule has 0 amide bonds. The highest BCUT2D eigenvalue weighted by atomic mass is 32.1. The predicted octanol–water partition coefficient (Wildman–Crippen LogP) is 4.73. The summed E-state index contributed by atoms with van der Waals surface area (Å²) in [6.07, 6.45) is 5.51. The summed E-state index contributed by atoms with van der Waals surface area (Å²) < 4.78 is 1.58. The van der Waals surface area contributed by atoms with Crippen LogP contribution in [0.4, 0.5) is 0 Å². The number of benzene rings is 2. The number of nitrogens with zero attached hydrogens (tertiary/aromatic N) is 2. The maximum absolute atomic E-state index is 13.1. The van der Waals surface area contributed by atoms with Crippen LogP contribution in [0.15, 0.2) is 65.5 Å². The third kappa shape index (κ3) is 2.83. The Labute approximate surface area is 155 Å². The van der Waals surface area contributed by atoms with Gasteiger partial charge in [-0.15, -0.1) is 17.8 Å². The van der Waals surface area contributed by atoms with Gasteiger partial charge >= 0.3 is 0 Å². The van der Waals surface area contributed by atoms with Gasteiger partial charge in [0.15, 0.2) is 0 Å². The van der Waals surface area contributed by atoms with E-state index in [0.717, 1.165) is 26.4 Å². The van der Waals surface area contributed by atoms with Crippen molar-refractivity contribution in [2.75, 3.05) is 0 Å². The average molecular weight is 356 g/mol. The van der Waals surface area contributed by atoms with Gasteiger partial charge < -0.3 is 0 Å². The van der Waals surface area contributed by atoms with E-state index in [9.17, 15) is 4.79 Å². The normalized spacial score (nSPS) is 10.8. The molecule has 2 aromatic carbocycles. The molecule has 0 bridgehead atoms. The first-order valence-electron chi connectivity index (χ1n) is 8.27. The van der Waals surface area contributed by atoms with E-state index in [-0.39, 0.29) is 12.1 Å². The van der Waals surface area contributed by atoms with Crippen LogP contribution in [0.1, 0.15) is 5.56 Å². The van der Waals surface area contributed by atoms with Crippen LogP contribution in [0, 0.1) is 19.3 Å². The molecular formula is C22H16N2OS. The van der Waals surface area contributed by atoms with Gasteiger partial charge in [-0.3, -0.25) is 9.36 Å². The van der Waals surface area contributed by atoms with Crippen LogP contribution in [0.5, 0.6) is 0 Å². The summed E-state index contributed by atoms with van der Waals surface area (Å²) in [5.74, 6) is 3.20. The summed E-state index contributed by atoms with van der Waals surface area (Å²) in [6, 6.07) is 19.9. The van der Waals surface area contributed by atoms with Crippen molar-refractivity contribution in [1.82, 2.24) is 9.55 Å². The fourth-order valence-electron chi connectivity index (χ4n) is 3.00. The highest BCUT2D eigenvalue weighted by Gasteiger charge is 2.15. The molecular weight excluding hydrogens is 340 g/mol. The standard InChI is InChI=1S/C22H16N2OS/c1-3-12-24-20(17-11-7-8-15(2)13-17)23-21-18(22(24)25)14-19(26-21)16-9-5-4-6-10-16/h1,4-11,13-14H,12H2,2H3. The monoisotopic (exact) mass is 356 g/mol. The van der Waals surface area contributed by atoms with Crippen molar-refractivity contribution in [1.29, 1.82) is 0 Å². The van der Waals surface area contributed by atoms with Crippen LogP contribution in [-0.4, -0.2) is 9.55 Å². The molecule has 26 heavy (non-hydrogen) atoms. The number of fused-ring (bicyclic) bond motifs is 1. The van der Waals surface area contributed by atoms with E-state index >= 15 is 0 Å². The van der Waals surface area contributed by atoms with E-state index in [2.05, 4.69) is 5.92 Å². The summed E-state index contributed by atoms with van der Waals surface area (Å²) >= 11 is 1.53. The van der Waals surface area contributed by atoms with Gasteiger partial charge in [0, 0.05) is 10.4 Å². The summed E-state index contributed by atoms with van der Waals surface area (Å²) in [4.78, 5) is 19.6. The highest BCUT2D eigenvalue weighted by Crippen LogP contribution is 2.32. The molecule has 2 aromatic heterocycles. The Balaban J connectivity index is 1.99. The van der Waals surface area contributed by atoms with E-state index in [4.69, 9.17) is 11.4 Å². The molecule has 0 aliphatic carbocycles. The molecule has 0 saturated heterocycles. The fourth-order valence-corrected chi connectivity index (χ4v) is 4.03. The Morgan fingerprint density at radius 2 is 1.85 bits per heavy atom. The van der Waals surface area contributed by atoms with E-state index in [0.29, 0.717) is 11.2 Å². The van der Waals surface area contributed by atoms with Gasteiger partial charge in [0.2, 0.25) is 0 Å². The molecule has 0 N–H and O–H groups in total. The predicted molar refractivity (Wildman–Crippen MR) is 108 cm³/mol. The topological polar surface area (TPSA) is 34.9 Å². The molecule has 0 saturated carbocycles. The molecule has 0 atom stereocenters. The van der Waals surface area contributed by atoms with Crippen molar-refractivity contribution < 1.29 is 0 Å². The lowest BCUT2D eigenvalue weighted by atomic mass is 10.1. The van der Waals surface area contributed by atoms with E-state index < -0.39 is 0 Å². The number of hydrogen-bond donors (Lipinski definition) is 0. The Hall–Kier alpha value is -3.16. The van der Waals surface area contributed by atoms with Crippen molar-refractivity contribution >= 4 is 21.6 Å². The quantitative estimate of drug-likeness (QED) is 0.497. The third-order valence-corrected chi connectivity index (χ3v) is 5.31. The van der Waals surface area contributed by atoms with Crippen LogP contribution in [0.3, 0.4) is 0 Å². The zero-order valence-electron chi connectivity index (χ0n) is 14.3. The Morgan fingerprint density at radius 3 is 2.58 bits per heavy atom. The zero-order valence-corrected chi connectivity index (χ0v) is 15.1. The van der Waals surface area contributed by atoms with Gasteiger partial charge in [0.25, 0.3) is 5.56 Å². The largest absolute Gasteiger partial charge is 0.280 e. The fraction of sp³-hybridized carbons (Fsp3) is 0.0909. The SMILES string of the molecule is C#CCn1c(-c2cccc(C)c2)nc2sc(-c3ccccc3)cc2c1=O. The Morgan fingerprint density at radius 1 is 1.08 bits per heavy atom. The van der Waals surface area contributed by atoms with Gasteiger partial charge in [-0.2, -0.15) is 0 Å². The summed E-state index contributed by atoms with van der Waals surface area (Å²) in [5.41, 5.74) is 2.99. The van der Waals surface area contributed by atoms with Crippen molar-refractivity contribution in [3.05, 3.63) is 76.6 Å². The number of terminal acetylenes is 1. The maximum atomic E-state index is 13.1. The van der Waals surface area contributed by atoms with Crippen molar-refractivity contribution in [3.63, 3.8) is 0 Å². The molecule has 0 aliphatic rings. The van der Waals surface area contributed by atoms with Crippen LogP contribution in [-0.2, 0) is 6.54 Å². The Bertz CT molecular complexity index is 1200. The van der Waals surface area contributed by atoms with Crippen LogP contribution < -0.4 is 5.56 Å². The number of rotatable bonds is 3. The molecule has 0 radical (unpaired) electrons. The van der Waals surface area contributed by atoms with Crippen molar-refractivity contribution in [2.45, 2.75) is 13.5 Å². The second-order valence-corrected chi connectivity index (χ2v) is 7.13. The molecule has 0 aliphatic heterocycles. The molecule has 2 heterocycles. The second-order valence-electron chi connectivity index (χ2n) is 6.10. The lowest BCUT2D eigenvalue weighted by molar-refractivity contribution is 0.796. The minimum atomic E-state index is -0.0945. The van der Waals surface area contributed by atoms with Crippen LogP contribution in [0.2, 0.25) is 0 Å². The smallest absolute Gasteiger partial charge is 0.263 e. The molecule has 0 spiro atoms. The Kier molecular flexibility index (Phi) is 4.16. The van der Waals surface area contributed by atoms with E-state index in [1.54, 1.807) is 4.57 Å². The van der Waals surface area contributed by atoms with E-state index in [1.807, 2.05) is 67.6 Å². The molecule has 4 rings (SSSR count). The molecule has 4 aromatic rings. The number of thiophene rings is 1.